The summed E-state index contributed by atoms with van der Waals surface area (Å²) >= 11 is 0. The van der Waals surface area contributed by atoms with Gasteiger partial charge in [0.25, 0.3) is 0 Å². The fraction of sp³-hybridized carbons (Fsp3) is 0.385. The summed E-state index contributed by atoms with van der Waals surface area (Å²) in [6.07, 6.45) is 2.08. The number of nitrogens with two attached hydrogens (primary N) is 1. The Morgan fingerprint density at radius 3 is 2.29 bits per heavy atom. The first kappa shape index (κ1) is 35.5. The lowest BCUT2D eigenvalue weighted by molar-refractivity contribution is -0.139. The molecule has 0 saturated carbocycles. The Balaban J connectivity index is 1.10. The highest BCUT2D eigenvalue weighted by molar-refractivity contribution is 6.30. The highest BCUT2D eigenvalue weighted by Gasteiger charge is 2.35. The van der Waals surface area contributed by atoms with E-state index in [1.54, 1.807) is 42.5 Å². The van der Waals surface area contributed by atoms with E-state index in [1.165, 1.54) is 4.90 Å². The Bertz CT molecular complexity index is 1820. The summed E-state index contributed by atoms with van der Waals surface area (Å²) in [5, 5.41) is 9.33. The summed E-state index contributed by atoms with van der Waals surface area (Å²) in [5.41, 5.74) is 9.00. The fourth-order valence-electron chi connectivity index (χ4n) is 6.55. The Morgan fingerprint density at radius 1 is 0.882 bits per heavy atom. The van der Waals surface area contributed by atoms with Crippen LogP contribution in [-0.2, 0) is 25.6 Å². The van der Waals surface area contributed by atoms with Gasteiger partial charge in [-0.15, -0.1) is 0 Å². The number of ketones is 2. The van der Waals surface area contributed by atoms with Gasteiger partial charge in [-0.1, -0.05) is 80.6 Å². The summed E-state index contributed by atoms with van der Waals surface area (Å²) in [4.78, 5) is 80.4. The van der Waals surface area contributed by atoms with Gasteiger partial charge in [-0.05, 0) is 49.7 Å². The van der Waals surface area contributed by atoms with Gasteiger partial charge in [0.1, 0.15) is 12.1 Å². The molecule has 3 aromatic carbocycles. The van der Waals surface area contributed by atoms with E-state index in [0.29, 0.717) is 72.1 Å². The van der Waals surface area contributed by atoms with Gasteiger partial charge in [0.2, 0.25) is 23.6 Å². The second kappa shape index (κ2) is 17.0. The number of nitrogens with one attached hydrogen (secondary N) is 4. The molecule has 0 aromatic heterocycles. The molecule has 12 nitrogen and oxygen atoms in total. The molecule has 5 rings (SSSR count). The molecule has 51 heavy (non-hydrogen) atoms. The summed E-state index contributed by atoms with van der Waals surface area (Å²) in [6, 6.07) is 18.5. The van der Waals surface area contributed by atoms with Crippen LogP contribution in [0.2, 0.25) is 1.41 Å². The molecule has 3 aromatic rings. The van der Waals surface area contributed by atoms with Crippen molar-refractivity contribution in [2.24, 2.45) is 11.7 Å². The molecule has 0 bridgehead atoms. The van der Waals surface area contributed by atoms with E-state index in [0.717, 1.165) is 5.56 Å². The van der Waals surface area contributed by atoms with E-state index >= 15 is 0 Å². The highest BCUT2D eigenvalue weighted by atomic mass is 16.2. The average Bonchev–Trinajstić information content (AvgIpc) is 3.64. The van der Waals surface area contributed by atoms with Crippen LogP contribution in [0.1, 0.15) is 76.9 Å². The standard InChI is InChI=1S/C39H46N6O6/c1-24(2)21-31(44-37(49)29(40)22-25-11-4-3-5-12-25)38(50)43-23-33(46)45-20-9-17-32(45)39(51)42-19-10-18-41-30-16-8-15-28-34(30)36(48)27-14-7-6-13-26(27)35(28)47/h3-8,11-16,24,29,31-32,41H,9-10,17-23,40H2,1-2H3,(H,42,51)(H,43,50)(H,44,49)/t29-,31-,32-/m0/s1/i/hD. The van der Waals surface area contributed by atoms with Gasteiger partial charge in [-0.25, -0.2) is 0 Å². The predicted octanol–water partition coefficient (Wildman–Crippen LogP) is 2.59. The molecule has 12 heteroatoms. The quantitative estimate of drug-likeness (QED) is 0.118. The van der Waals surface area contributed by atoms with Crippen molar-refractivity contribution in [1.29, 1.82) is 0 Å². The maximum Gasteiger partial charge on any atom is 0.243 e. The van der Waals surface area contributed by atoms with Gasteiger partial charge < -0.3 is 31.9 Å². The fourth-order valence-corrected chi connectivity index (χ4v) is 6.55. The third-order valence-corrected chi connectivity index (χ3v) is 9.12. The predicted molar refractivity (Wildman–Crippen MR) is 193 cm³/mol. The van der Waals surface area contributed by atoms with Crippen LogP contribution in [0.3, 0.4) is 0 Å². The minimum Gasteiger partial charge on any atom is -0.384 e. The first-order valence-corrected chi connectivity index (χ1v) is 17.5. The van der Waals surface area contributed by atoms with Gasteiger partial charge in [0.15, 0.2) is 13.0 Å². The molecule has 4 amide bonds. The van der Waals surface area contributed by atoms with Crippen molar-refractivity contribution in [3.63, 3.8) is 0 Å². The van der Waals surface area contributed by atoms with E-state index in [2.05, 4.69) is 16.0 Å². The topological polar surface area (TPSA) is 180 Å². The van der Waals surface area contributed by atoms with E-state index in [-0.39, 0.29) is 36.2 Å². The third kappa shape index (κ3) is 9.06. The third-order valence-electron chi connectivity index (χ3n) is 9.12. The Labute approximate surface area is 299 Å². The van der Waals surface area contributed by atoms with Crippen molar-refractivity contribution < 1.29 is 30.2 Å². The van der Waals surface area contributed by atoms with Crippen molar-refractivity contribution in [2.75, 3.05) is 31.5 Å². The molecule has 1 aliphatic carbocycles. The summed E-state index contributed by atoms with van der Waals surface area (Å²) < 4.78 is 8.40. The number of likely N-dealkylation sites (tertiary alicyclic amines) is 1. The lowest BCUT2D eigenvalue weighted by Crippen LogP contribution is -2.54. The Kier molecular flexibility index (Phi) is 11.8. The highest BCUT2D eigenvalue weighted by Crippen LogP contribution is 2.32. The van der Waals surface area contributed by atoms with E-state index in [4.69, 9.17) is 7.15 Å². The zero-order chi connectivity index (χ0) is 37.4. The van der Waals surface area contributed by atoms with E-state index < -0.39 is 42.4 Å². The molecule has 6 N–H and O–H groups in total. The first-order chi connectivity index (χ1) is 25.0. The van der Waals surface area contributed by atoms with Gasteiger partial charge in [0, 0.05) is 42.0 Å². The van der Waals surface area contributed by atoms with Gasteiger partial charge >= 0.3 is 0 Å². The number of rotatable bonds is 15. The first-order valence-electron chi connectivity index (χ1n) is 17.9. The SMILES string of the molecule is [2H]N(CC(=O)N1CCC[C@H]1C(=O)NCCCNc1cccc2c1C(=O)c1ccccc1C2=O)C(=O)[C@H](CC(C)C)NC(=O)[C@@H](N)Cc1ccccc1. The van der Waals surface area contributed by atoms with Crippen LogP contribution in [0, 0.1) is 5.92 Å². The van der Waals surface area contributed by atoms with Crippen molar-refractivity contribution in [1.82, 2.24) is 20.8 Å². The average molecular weight is 696 g/mol. The molecular weight excluding hydrogens is 648 g/mol. The minimum atomic E-state index is -1.04. The largest absolute Gasteiger partial charge is 0.384 e. The van der Waals surface area contributed by atoms with Gasteiger partial charge in [-0.3, -0.25) is 28.8 Å². The Morgan fingerprint density at radius 2 is 1.57 bits per heavy atom. The van der Waals surface area contributed by atoms with Crippen LogP contribution in [0.25, 0.3) is 0 Å². The minimum absolute atomic E-state index is 0.00722. The van der Waals surface area contributed by atoms with Crippen molar-refractivity contribution in [3.05, 3.63) is 101 Å². The van der Waals surface area contributed by atoms with Crippen molar-refractivity contribution >= 4 is 40.9 Å². The maximum atomic E-state index is 13.3. The van der Waals surface area contributed by atoms with Gasteiger partial charge in [0.05, 0.1) is 18.2 Å². The number of fused-ring (bicyclic) bond motifs is 2. The molecular formula is C39H46N6O6. The number of nitrogens with zero attached hydrogens (tertiary/aromatic N) is 1. The Hall–Kier alpha value is -5.36. The number of carbonyl (C=O) groups is 6. The lowest BCUT2D eigenvalue weighted by atomic mass is 9.83. The smallest absolute Gasteiger partial charge is 0.243 e. The lowest BCUT2D eigenvalue weighted by Gasteiger charge is -2.25. The molecule has 1 saturated heterocycles. The van der Waals surface area contributed by atoms with Crippen LogP contribution >= 0.6 is 0 Å². The van der Waals surface area contributed by atoms with Crippen LogP contribution in [0.15, 0.2) is 72.8 Å². The zero-order valence-electron chi connectivity index (χ0n) is 30.0. The number of benzene rings is 3. The normalized spacial score (nSPS) is 16.4. The van der Waals surface area contributed by atoms with Gasteiger partial charge in [-0.2, -0.15) is 0 Å². The molecule has 268 valence electrons. The molecule has 1 heterocycles. The molecule has 2 aliphatic rings. The number of anilines is 1. The van der Waals surface area contributed by atoms with E-state index in [1.807, 2.05) is 44.2 Å². The molecule has 1 aliphatic heterocycles. The zero-order valence-corrected chi connectivity index (χ0v) is 29.0. The number of amides is 4. The monoisotopic (exact) mass is 695 g/mol. The van der Waals surface area contributed by atoms with E-state index in [9.17, 15) is 28.8 Å². The number of hydrogen-bond acceptors (Lipinski definition) is 8. The van der Waals surface area contributed by atoms with Crippen LogP contribution in [-0.4, -0.2) is 84.4 Å². The number of hydrogen-bond donors (Lipinski definition) is 5. The van der Waals surface area contributed by atoms with Crippen LogP contribution in [0.5, 0.6) is 0 Å². The summed E-state index contributed by atoms with van der Waals surface area (Å²) in [6.45, 7) is 4.22. The maximum absolute atomic E-state index is 13.3. The summed E-state index contributed by atoms with van der Waals surface area (Å²) in [5.74, 6) is -2.53. The molecule has 0 spiro atoms. The molecule has 0 unspecified atom stereocenters. The molecule has 3 atom stereocenters. The van der Waals surface area contributed by atoms with Crippen LogP contribution < -0.4 is 27.0 Å². The second-order valence-electron chi connectivity index (χ2n) is 13.4. The molecule has 0 radical (unpaired) electrons. The van der Waals surface area contributed by atoms with Crippen LogP contribution in [0.4, 0.5) is 5.69 Å². The number of carbonyl (C=O) groups excluding carboxylic acids is 6. The second-order valence-corrected chi connectivity index (χ2v) is 13.4. The van der Waals surface area contributed by atoms with Crippen molar-refractivity contribution in [2.45, 2.75) is 64.1 Å². The molecule has 1 fully saturated rings. The van der Waals surface area contributed by atoms with Crippen molar-refractivity contribution in [3.8, 4) is 0 Å². The summed E-state index contributed by atoms with van der Waals surface area (Å²) in [7, 11) is 0.